The standard InChI is InChI=1S/C11H14N2O2/c1-11(2,3)7-4-8(14)6-5-12-13-9(6)10(7)15/h4-5,14-15H,1-3H3,(H,12,13). The van der Waals surface area contributed by atoms with Crippen LogP contribution in [0.5, 0.6) is 11.5 Å². The normalized spacial score (nSPS) is 12.2. The lowest BCUT2D eigenvalue weighted by Gasteiger charge is -2.20. The van der Waals surface area contributed by atoms with E-state index in [2.05, 4.69) is 10.2 Å². The molecule has 0 saturated heterocycles. The first-order chi connectivity index (χ1) is 6.91. The number of nitrogens with one attached hydrogen (secondary N) is 1. The molecule has 80 valence electrons. The van der Waals surface area contributed by atoms with Crippen LogP contribution in [0.4, 0.5) is 0 Å². The summed E-state index contributed by atoms with van der Waals surface area (Å²) in [5.41, 5.74) is 0.970. The largest absolute Gasteiger partial charge is 0.507 e. The number of benzene rings is 1. The number of aromatic amines is 1. The van der Waals surface area contributed by atoms with E-state index in [-0.39, 0.29) is 16.9 Å². The molecule has 0 amide bonds. The number of fused-ring (bicyclic) bond motifs is 1. The molecular weight excluding hydrogens is 192 g/mol. The second-order valence-electron chi connectivity index (χ2n) is 4.70. The van der Waals surface area contributed by atoms with Crippen LogP contribution in [0.1, 0.15) is 26.3 Å². The maximum atomic E-state index is 10.0. The molecule has 0 atom stereocenters. The van der Waals surface area contributed by atoms with Gasteiger partial charge in [-0.2, -0.15) is 5.10 Å². The first-order valence-corrected chi connectivity index (χ1v) is 4.80. The van der Waals surface area contributed by atoms with E-state index in [0.29, 0.717) is 16.5 Å². The number of hydrogen-bond donors (Lipinski definition) is 3. The number of aromatic hydroxyl groups is 2. The molecule has 0 radical (unpaired) electrons. The zero-order chi connectivity index (χ0) is 11.2. The van der Waals surface area contributed by atoms with Crippen molar-refractivity contribution in [1.29, 1.82) is 0 Å². The third-order valence-electron chi connectivity index (χ3n) is 2.50. The maximum absolute atomic E-state index is 10.0. The van der Waals surface area contributed by atoms with E-state index in [4.69, 9.17) is 0 Å². The lowest BCUT2D eigenvalue weighted by molar-refractivity contribution is 0.442. The summed E-state index contributed by atoms with van der Waals surface area (Å²) in [6.45, 7) is 5.93. The molecule has 4 heteroatoms. The minimum atomic E-state index is -0.221. The van der Waals surface area contributed by atoms with Gasteiger partial charge in [0.2, 0.25) is 0 Å². The van der Waals surface area contributed by atoms with Crippen molar-refractivity contribution in [2.45, 2.75) is 26.2 Å². The molecule has 4 nitrogen and oxygen atoms in total. The van der Waals surface area contributed by atoms with Crippen molar-refractivity contribution in [3.05, 3.63) is 17.8 Å². The topological polar surface area (TPSA) is 69.1 Å². The van der Waals surface area contributed by atoms with Gasteiger partial charge in [-0.3, -0.25) is 5.10 Å². The monoisotopic (exact) mass is 206 g/mol. The molecule has 0 aliphatic rings. The number of phenols is 2. The Balaban J connectivity index is 2.83. The average Bonchev–Trinajstić information content (AvgIpc) is 2.58. The second kappa shape index (κ2) is 2.89. The highest BCUT2D eigenvalue weighted by atomic mass is 16.3. The second-order valence-corrected chi connectivity index (χ2v) is 4.70. The van der Waals surface area contributed by atoms with Crippen LogP contribution in [-0.4, -0.2) is 20.4 Å². The molecule has 2 rings (SSSR count). The average molecular weight is 206 g/mol. The fraction of sp³-hybridized carbons (Fsp3) is 0.364. The minimum Gasteiger partial charge on any atom is -0.507 e. The Morgan fingerprint density at radius 3 is 2.53 bits per heavy atom. The number of phenolic OH excluding ortho intramolecular Hbond substituents is 2. The molecule has 0 aliphatic heterocycles. The van der Waals surface area contributed by atoms with Crippen molar-refractivity contribution in [1.82, 2.24) is 10.2 Å². The van der Waals surface area contributed by atoms with Crippen LogP contribution in [0.25, 0.3) is 10.9 Å². The third kappa shape index (κ3) is 1.42. The number of nitrogens with zero attached hydrogens (tertiary/aromatic N) is 1. The van der Waals surface area contributed by atoms with Crippen LogP contribution in [0.15, 0.2) is 12.3 Å². The van der Waals surface area contributed by atoms with Gasteiger partial charge in [0.1, 0.15) is 17.0 Å². The van der Waals surface area contributed by atoms with E-state index >= 15 is 0 Å². The first-order valence-electron chi connectivity index (χ1n) is 4.80. The van der Waals surface area contributed by atoms with Gasteiger partial charge in [-0.15, -0.1) is 0 Å². The van der Waals surface area contributed by atoms with Crippen molar-refractivity contribution in [3.63, 3.8) is 0 Å². The Labute approximate surface area is 87.6 Å². The summed E-state index contributed by atoms with van der Waals surface area (Å²) in [6, 6.07) is 1.59. The highest BCUT2D eigenvalue weighted by Gasteiger charge is 2.22. The Morgan fingerprint density at radius 2 is 1.93 bits per heavy atom. The molecule has 0 saturated carbocycles. The summed E-state index contributed by atoms with van der Waals surface area (Å²) in [5.74, 6) is 0.300. The molecule has 1 heterocycles. The summed E-state index contributed by atoms with van der Waals surface area (Å²) < 4.78 is 0. The van der Waals surface area contributed by atoms with E-state index in [1.54, 1.807) is 6.07 Å². The molecule has 0 aliphatic carbocycles. The SMILES string of the molecule is CC(C)(C)c1cc(O)c2cn[nH]c2c1O. The lowest BCUT2D eigenvalue weighted by atomic mass is 9.85. The number of H-pyrrole nitrogens is 1. The van der Waals surface area contributed by atoms with Gasteiger partial charge < -0.3 is 10.2 Å². The molecule has 2 aromatic rings. The maximum Gasteiger partial charge on any atom is 0.145 e. The predicted octanol–water partition coefficient (Wildman–Crippen LogP) is 2.27. The van der Waals surface area contributed by atoms with Crippen LogP contribution in [0.3, 0.4) is 0 Å². The summed E-state index contributed by atoms with van der Waals surface area (Å²) in [4.78, 5) is 0. The molecule has 0 spiro atoms. The molecule has 0 bridgehead atoms. The molecule has 1 aromatic heterocycles. The van der Waals surface area contributed by atoms with Gasteiger partial charge in [-0.25, -0.2) is 0 Å². The third-order valence-corrected chi connectivity index (χ3v) is 2.50. The lowest BCUT2D eigenvalue weighted by Crippen LogP contribution is -2.11. The number of hydrogen-bond acceptors (Lipinski definition) is 3. The Morgan fingerprint density at radius 1 is 1.27 bits per heavy atom. The van der Waals surface area contributed by atoms with Crippen molar-refractivity contribution >= 4 is 10.9 Å². The highest BCUT2D eigenvalue weighted by molar-refractivity contribution is 5.90. The van der Waals surface area contributed by atoms with Gasteiger partial charge in [0.25, 0.3) is 0 Å². The van der Waals surface area contributed by atoms with E-state index in [9.17, 15) is 10.2 Å². The van der Waals surface area contributed by atoms with Gasteiger partial charge in [-0.05, 0) is 11.5 Å². The summed E-state index contributed by atoms with van der Waals surface area (Å²) in [6.07, 6.45) is 1.50. The summed E-state index contributed by atoms with van der Waals surface area (Å²) in [5, 5.41) is 26.8. The molecule has 15 heavy (non-hydrogen) atoms. The number of aromatic nitrogens is 2. The zero-order valence-electron chi connectivity index (χ0n) is 9.00. The van der Waals surface area contributed by atoms with E-state index < -0.39 is 0 Å². The molecule has 3 N–H and O–H groups in total. The van der Waals surface area contributed by atoms with Crippen LogP contribution in [0, 0.1) is 0 Å². The Bertz CT molecular complexity index is 509. The Hall–Kier alpha value is -1.71. The van der Waals surface area contributed by atoms with Crippen LogP contribution < -0.4 is 0 Å². The quantitative estimate of drug-likeness (QED) is 0.579. The minimum absolute atomic E-state index is 0.140. The van der Waals surface area contributed by atoms with Crippen molar-refractivity contribution in [2.75, 3.05) is 0 Å². The van der Waals surface area contributed by atoms with Gasteiger partial charge >= 0.3 is 0 Å². The van der Waals surface area contributed by atoms with E-state index in [0.717, 1.165) is 0 Å². The smallest absolute Gasteiger partial charge is 0.145 e. The molecule has 0 fully saturated rings. The van der Waals surface area contributed by atoms with Crippen LogP contribution in [-0.2, 0) is 5.41 Å². The zero-order valence-corrected chi connectivity index (χ0v) is 9.00. The molecule has 1 aromatic carbocycles. The van der Waals surface area contributed by atoms with Crippen molar-refractivity contribution in [2.24, 2.45) is 0 Å². The predicted molar refractivity (Wildman–Crippen MR) is 58.1 cm³/mol. The Kier molecular flexibility index (Phi) is 1.89. The van der Waals surface area contributed by atoms with Gasteiger partial charge in [0, 0.05) is 5.56 Å². The number of rotatable bonds is 0. The highest BCUT2D eigenvalue weighted by Crippen LogP contribution is 2.39. The fourth-order valence-electron chi connectivity index (χ4n) is 1.65. The fourth-order valence-corrected chi connectivity index (χ4v) is 1.65. The van der Waals surface area contributed by atoms with Gasteiger partial charge in [-0.1, -0.05) is 20.8 Å². The summed E-state index contributed by atoms with van der Waals surface area (Å²) >= 11 is 0. The molecule has 0 unspecified atom stereocenters. The summed E-state index contributed by atoms with van der Waals surface area (Å²) in [7, 11) is 0. The van der Waals surface area contributed by atoms with Crippen LogP contribution in [0.2, 0.25) is 0 Å². The van der Waals surface area contributed by atoms with E-state index in [1.807, 2.05) is 20.8 Å². The van der Waals surface area contributed by atoms with Gasteiger partial charge in [0.05, 0.1) is 11.6 Å². The molecular formula is C11H14N2O2. The van der Waals surface area contributed by atoms with Gasteiger partial charge in [0.15, 0.2) is 0 Å². The van der Waals surface area contributed by atoms with Crippen LogP contribution >= 0.6 is 0 Å². The van der Waals surface area contributed by atoms with Crippen molar-refractivity contribution in [3.8, 4) is 11.5 Å². The van der Waals surface area contributed by atoms with E-state index in [1.165, 1.54) is 6.20 Å². The van der Waals surface area contributed by atoms with Crippen molar-refractivity contribution < 1.29 is 10.2 Å². The first kappa shape index (κ1) is 9.83.